The highest BCUT2D eigenvalue weighted by Crippen LogP contribution is 2.16. The molecule has 1 atom stereocenters. The summed E-state index contributed by atoms with van der Waals surface area (Å²) in [4.78, 5) is 4.84. The minimum absolute atomic E-state index is 0.162. The zero-order valence-corrected chi connectivity index (χ0v) is 13.3. The number of hydrogen-bond acceptors (Lipinski definition) is 3. The predicted molar refractivity (Wildman–Crippen MR) is 87.4 cm³/mol. The molecule has 3 nitrogen and oxygen atoms in total. The Hall–Kier alpha value is -1.13. The molecule has 0 spiro atoms. The van der Waals surface area contributed by atoms with Gasteiger partial charge in [0.1, 0.15) is 5.82 Å². The van der Waals surface area contributed by atoms with Gasteiger partial charge in [-0.25, -0.2) is 4.39 Å². The molecule has 0 aliphatic carbocycles. The smallest absolute Gasteiger partial charge is 0.123 e. The number of hydrogen-bond donors (Lipinski definition) is 1. The molecular formula is C17H28FN3. The molecule has 1 saturated heterocycles. The van der Waals surface area contributed by atoms with E-state index in [0.717, 1.165) is 45.0 Å². The molecule has 1 heterocycles. The van der Waals surface area contributed by atoms with Crippen LogP contribution >= 0.6 is 0 Å². The Balaban J connectivity index is 1.67. The van der Waals surface area contributed by atoms with Crippen LogP contribution in [0.25, 0.3) is 0 Å². The van der Waals surface area contributed by atoms with Crippen molar-refractivity contribution in [3.8, 4) is 0 Å². The quantitative estimate of drug-likeness (QED) is 0.834. The van der Waals surface area contributed by atoms with Gasteiger partial charge < -0.3 is 10.2 Å². The van der Waals surface area contributed by atoms with E-state index >= 15 is 0 Å². The number of nitrogens with zero attached hydrogens (tertiary/aromatic N) is 2. The number of piperazine rings is 1. The van der Waals surface area contributed by atoms with Crippen molar-refractivity contribution in [3.05, 3.63) is 30.1 Å². The van der Waals surface area contributed by atoms with E-state index in [1.165, 1.54) is 12.8 Å². The summed E-state index contributed by atoms with van der Waals surface area (Å²) in [7, 11) is 0. The Bertz CT molecular complexity index is 399. The van der Waals surface area contributed by atoms with Gasteiger partial charge in [0.05, 0.1) is 0 Å². The van der Waals surface area contributed by atoms with Gasteiger partial charge in [0.15, 0.2) is 0 Å². The molecule has 21 heavy (non-hydrogen) atoms. The third kappa shape index (κ3) is 5.29. The highest BCUT2D eigenvalue weighted by molar-refractivity contribution is 5.46. The zero-order valence-electron chi connectivity index (χ0n) is 13.3. The van der Waals surface area contributed by atoms with Gasteiger partial charge in [-0.2, -0.15) is 0 Å². The average molecular weight is 293 g/mol. The first-order valence-corrected chi connectivity index (χ1v) is 8.15. The Morgan fingerprint density at radius 1 is 1.14 bits per heavy atom. The molecule has 1 aliphatic heterocycles. The van der Waals surface area contributed by atoms with Gasteiger partial charge in [0.2, 0.25) is 0 Å². The van der Waals surface area contributed by atoms with Crippen molar-refractivity contribution < 1.29 is 4.39 Å². The first kappa shape index (κ1) is 16.2. The maximum absolute atomic E-state index is 12.9. The molecule has 0 saturated carbocycles. The number of rotatable bonds is 7. The molecule has 1 aromatic rings. The minimum Gasteiger partial charge on any atom is -0.369 e. The van der Waals surface area contributed by atoms with Crippen molar-refractivity contribution in [3.63, 3.8) is 0 Å². The lowest BCUT2D eigenvalue weighted by Crippen LogP contribution is -2.48. The van der Waals surface area contributed by atoms with Crippen molar-refractivity contribution in [2.45, 2.75) is 32.7 Å². The summed E-state index contributed by atoms with van der Waals surface area (Å²) in [5.74, 6) is -0.162. The van der Waals surface area contributed by atoms with Crippen LogP contribution < -0.4 is 10.2 Å². The van der Waals surface area contributed by atoms with Crippen molar-refractivity contribution in [2.75, 3.05) is 44.2 Å². The maximum Gasteiger partial charge on any atom is 0.123 e. The summed E-state index contributed by atoms with van der Waals surface area (Å²) in [5.41, 5.74) is 1.13. The monoisotopic (exact) mass is 293 g/mol. The molecule has 4 heteroatoms. The molecular weight excluding hydrogens is 265 g/mol. The van der Waals surface area contributed by atoms with Crippen molar-refractivity contribution in [2.24, 2.45) is 0 Å². The number of benzene rings is 1. The first-order valence-electron chi connectivity index (χ1n) is 8.15. The Morgan fingerprint density at radius 3 is 2.43 bits per heavy atom. The van der Waals surface area contributed by atoms with Crippen LogP contribution in [0.15, 0.2) is 24.3 Å². The molecule has 1 aliphatic rings. The third-order valence-corrected chi connectivity index (χ3v) is 4.21. The van der Waals surface area contributed by atoms with Crippen LogP contribution in [-0.2, 0) is 0 Å². The summed E-state index contributed by atoms with van der Waals surface area (Å²) in [6.45, 7) is 10.9. The van der Waals surface area contributed by atoms with Gasteiger partial charge in [-0.15, -0.1) is 0 Å². The summed E-state index contributed by atoms with van der Waals surface area (Å²) in [6.07, 6.45) is 2.49. The van der Waals surface area contributed by atoms with Crippen LogP contribution in [0.5, 0.6) is 0 Å². The highest BCUT2D eigenvalue weighted by atomic mass is 19.1. The van der Waals surface area contributed by atoms with Crippen molar-refractivity contribution >= 4 is 5.69 Å². The van der Waals surface area contributed by atoms with E-state index < -0.39 is 0 Å². The highest BCUT2D eigenvalue weighted by Gasteiger charge is 2.16. The second-order valence-electron chi connectivity index (χ2n) is 5.95. The molecule has 0 amide bonds. The van der Waals surface area contributed by atoms with E-state index in [9.17, 15) is 4.39 Å². The topological polar surface area (TPSA) is 18.5 Å². The van der Waals surface area contributed by atoms with E-state index in [1.54, 1.807) is 12.1 Å². The van der Waals surface area contributed by atoms with Gasteiger partial charge in [0, 0.05) is 51.0 Å². The van der Waals surface area contributed by atoms with Crippen LogP contribution in [0.4, 0.5) is 10.1 Å². The molecule has 0 bridgehead atoms. The zero-order chi connectivity index (χ0) is 15.1. The molecule has 1 unspecified atom stereocenters. The normalized spacial score (nSPS) is 18.0. The predicted octanol–water partition coefficient (Wildman–Crippen LogP) is 2.73. The van der Waals surface area contributed by atoms with Crippen LogP contribution in [-0.4, -0.2) is 50.2 Å². The molecule has 0 radical (unpaired) electrons. The number of halogens is 1. The Kier molecular flexibility index (Phi) is 6.46. The molecule has 118 valence electrons. The van der Waals surface area contributed by atoms with Crippen LogP contribution in [0, 0.1) is 5.82 Å². The van der Waals surface area contributed by atoms with E-state index in [0.29, 0.717) is 6.04 Å². The SMILES string of the molecule is CCCC(C)NCCN1CCN(c2ccc(F)cc2)CC1. The molecule has 2 rings (SSSR count). The lowest BCUT2D eigenvalue weighted by Gasteiger charge is -2.36. The summed E-state index contributed by atoms with van der Waals surface area (Å²) in [6, 6.07) is 7.45. The lowest BCUT2D eigenvalue weighted by atomic mass is 10.2. The molecule has 1 N–H and O–H groups in total. The average Bonchev–Trinajstić information content (AvgIpc) is 2.49. The van der Waals surface area contributed by atoms with Crippen LogP contribution in [0.3, 0.4) is 0 Å². The van der Waals surface area contributed by atoms with Gasteiger partial charge in [-0.1, -0.05) is 13.3 Å². The van der Waals surface area contributed by atoms with E-state index in [4.69, 9.17) is 0 Å². The first-order chi connectivity index (χ1) is 10.2. The second-order valence-corrected chi connectivity index (χ2v) is 5.95. The summed E-state index contributed by atoms with van der Waals surface area (Å²) < 4.78 is 12.9. The fourth-order valence-corrected chi connectivity index (χ4v) is 2.89. The van der Waals surface area contributed by atoms with Crippen molar-refractivity contribution in [1.29, 1.82) is 0 Å². The Morgan fingerprint density at radius 2 is 1.81 bits per heavy atom. The second kappa shape index (κ2) is 8.35. The van der Waals surface area contributed by atoms with Gasteiger partial charge >= 0.3 is 0 Å². The minimum atomic E-state index is -0.162. The van der Waals surface area contributed by atoms with E-state index in [1.807, 2.05) is 12.1 Å². The molecule has 0 aromatic heterocycles. The van der Waals surface area contributed by atoms with Gasteiger partial charge in [0.25, 0.3) is 0 Å². The van der Waals surface area contributed by atoms with E-state index in [-0.39, 0.29) is 5.82 Å². The third-order valence-electron chi connectivity index (χ3n) is 4.21. The largest absolute Gasteiger partial charge is 0.369 e. The summed E-state index contributed by atoms with van der Waals surface area (Å²) >= 11 is 0. The standard InChI is InChI=1S/C17H28FN3/c1-3-4-15(2)19-9-10-20-11-13-21(14-12-20)17-7-5-16(18)6-8-17/h5-8,15,19H,3-4,9-14H2,1-2H3. The molecule has 1 fully saturated rings. The summed E-state index contributed by atoms with van der Waals surface area (Å²) in [5, 5.41) is 3.58. The fraction of sp³-hybridized carbons (Fsp3) is 0.647. The van der Waals surface area contributed by atoms with Gasteiger partial charge in [-0.3, -0.25) is 4.90 Å². The fourth-order valence-electron chi connectivity index (χ4n) is 2.89. The lowest BCUT2D eigenvalue weighted by molar-refractivity contribution is 0.254. The Labute approximate surface area is 128 Å². The van der Waals surface area contributed by atoms with E-state index in [2.05, 4.69) is 29.0 Å². The van der Waals surface area contributed by atoms with Crippen LogP contribution in [0.2, 0.25) is 0 Å². The molecule has 1 aromatic carbocycles. The maximum atomic E-state index is 12.9. The number of anilines is 1. The van der Waals surface area contributed by atoms with Crippen molar-refractivity contribution in [1.82, 2.24) is 10.2 Å². The van der Waals surface area contributed by atoms with Crippen LogP contribution in [0.1, 0.15) is 26.7 Å². The van der Waals surface area contributed by atoms with Gasteiger partial charge in [-0.05, 0) is 37.6 Å². The number of nitrogens with one attached hydrogen (secondary N) is 1.